The van der Waals surface area contributed by atoms with Crippen LogP contribution < -0.4 is 0 Å². The Labute approximate surface area is 207 Å². The lowest BCUT2D eigenvalue weighted by Gasteiger charge is -2.28. The van der Waals surface area contributed by atoms with Crippen LogP contribution in [0.1, 0.15) is 50.3 Å². The van der Waals surface area contributed by atoms with Crippen molar-refractivity contribution in [3.63, 3.8) is 0 Å². The Morgan fingerprint density at radius 3 is 2.53 bits per heavy atom. The van der Waals surface area contributed by atoms with E-state index in [1.54, 1.807) is 6.20 Å². The van der Waals surface area contributed by atoms with E-state index in [-0.39, 0.29) is 12.3 Å². The van der Waals surface area contributed by atoms with Crippen LogP contribution in [0.4, 0.5) is 13.2 Å². The SMILES string of the molecule is C=C(C=CC(=CC)c1ccc(-c2nc3ccc(C(F)(F)F)cc3[nH]2)cn1)C1CCC(CC(=O)O)CC1. The third-order valence-corrected chi connectivity index (χ3v) is 6.76. The van der Waals surface area contributed by atoms with Gasteiger partial charge in [0.25, 0.3) is 0 Å². The number of aromatic nitrogens is 3. The standard InChI is InChI=1S/C28H28F3N3O2/c1-3-19(7-4-17(2)20-8-5-18(6-9-20)14-26(35)36)23-12-10-21(16-32-23)27-33-24-13-11-22(28(29,30)31)15-25(24)34-27/h3-4,7,10-13,15-16,18,20H,2,5-6,8-9,14H2,1H3,(H,33,34)(H,35,36). The third kappa shape index (κ3) is 5.93. The van der Waals surface area contributed by atoms with Gasteiger partial charge in [0.05, 0.1) is 22.3 Å². The highest BCUT2D eigenvalue weighted by Gasteiger charge is 2.30. The van der Waals surface area contributed by atoms with Gasteiger partial charge in [0.1, 0.15) is 5.82 Å². The Balaban J connectivity index is 1.42. The molecule has 0 bridgehead atoms. The van der Waals surface area contributed by atoms with E-state index in [9.17, 15) is 18.0 Å². The van der Waals surface area contributed by atoms with E-state index >= 15 is 0 Å². The highest BCUT2D eigenvalue weighted by atomic mass is 19.4. The molecule has 36 heavy (non-hydrogen) atoms. The molecule has 1 saturated carbocycles. The molecule has 0 saturated heterocycles. The number of allylic oxidation sites excluding steroid dienone is 5. The zero-order valence-corrected chi connectivity index (χ0v) is 20.0. The van der Waals surface area contributed by atoms with Crippen molar-refractivity contribution in [2.75, 3.05) is 0 Å². The van der Waals surface area contributed by atoms with Crippen molar-refractivity contribution in [1.82, 2.24) is 15.0 Å². The lowest BCUT2D eigenvalue weighted by Crippen LogP contribution is -2.17. The third-order valence-electron chi connectivity index (χ3n) is 6.76. The molecule has 2 heterocycles. The molecule has 1 aliphatic carbocycles. The number of aromatic amines is 1. The van der Waals surface area contributed by atoms with Crippen LogP contribution in [0.15, 0.2) is 66.9 Å². The average molecular weight is 496 g/mol. The molecule has 0 amide bonds. The number of alkyl halides is 3. The van der Waals surface area contributed by atoms with Crippen LogP contribution in [-0.4, -0.2) is 26.0 Å². The predicted octanol–water partition coefficient (Wildman–Crippen LogP) is 7.44. The molecule has 0 aliphatic heterocycles. The number of halogens is 3. The molecule has 1 aliphatic rings. The highest BCUT2D eigenvalue weighted by molar-refractivity contribution is 5.80. The number of aliphatic carboxylic acids is 1. The van der Waals surface area contributed by atoms with Gasteiger partial charge in [-0.2, -0.15) is 13.2 Å². The Morgan fingerprint density at radius 2 is 1.92 bits per heavy atom. The maximum atomic E-state index is 13.0. The number of imidazole rings is 1. The first-order valence-electron chi connectivity index (χ1n) is 11.9. The summed E-state index contributed by atoms with van der Waals surface area (Å²) >= 11 is 0. The molecule has 1 fully saturated rings. The number of carboxylic acid groups (broad SMARTS) is 1. The minimum Gasteiger partial charge on any atom is -0.481 e. The van der Waals surface area contributed by atoms with Crippen molar-refractivity contribution in [1.29, 1.82) is 0 Å². The maximum Gasteiger partial charge on any atom is 0.416 e. The summed E-state index contributed by atoms with van der Waals surface area (Å²) in [5.41, 5.74) is 3.42. The van der Waals surface area contributed by atoms with Crippen LogP contribution in [-0.2, 0) is 11.0 Å². The number of benzene rings is 1. The van der Waals surface area contributed by atoms with Gasteiger partial charge in [-0.3, -0.25) is 9.78 Å². The first kappa shape index (κ1) is 25.4. The number of H-pyrrole nitrogens is 1. The molecule has 0 unspecified atom stereocenters. The first-order chi connectivity index (χ1) is 17.1. The topological polar surface area (TPSA) is 78.9 Å². The van der Waals surface area contributed by atoms with Crippen molar-refractivity contribution in [2.24, 2.45) is 11.8 Å². The van der Waals surface area contributed by atoms with E-state index < -0.39 is 17.7 Å². The summed E-state index contributed by atoms with van der Waals surface area (Å²) in [5, 5.41) is 8.99. The van der Waals surface area contributed by atoms with Gasteiger partial charge in [-0.15, -0.1) is 0 Å². The van der Waals surface area contributed by atoms with Crippen LogP contribution in [0, 0.1) is 11.8 Å². The zero-order chi connectivity index (χ0) is 25.9. The number of nitrogens with one attached hydrogen (secondary N) is 1. The van der Waals surface area contributed by atoms with Crippen LogP contribution in [0.2, 0.25) is 0 Å². The fraction of sp³-hybridized carbons (Fsp3) is 0.321. The molecule has 0 radical (unpaired) electrons. The van der Waals surface area contributed by atoms with Crippen molar-refractivity contribution in [3.05, 3.63) is 78.2 Å². The van der Waals surface area contributed by atoms with E-state index in [1.807, 2.05) is 37.3 Å². The first-order valence-corrected chi connectivity index (χ1v) is 11.9. The fourth-order valence-electron chi connectivity index (χ4n) is 4.67. The van der Waals surface area contributed by atoms with Gasteiger partial charge in [0.15, 0.2) is 0 Å². The molecule has 8 heteroatoms. The number of hydrogen-bond acceptors (Lipinski definition) is 3. The number of rotatable bonds is 7. The molecule has 0 atom stereocenters. The lowest BCUT2D eigenvalue weighted by atomic mass is 9.77. The zero-order valence-electron chi connectivity index (χ0n) is 20.0. The molecule has 5 nitrogen and oxygen atoms in total. The lowest BCUT2D eigenvalue weighted by molar-refractivity contribution is -0.139. The maximum absolute atomic E-state index is 13.0. The normalized spacial score (nSPS) is 19.2. The van der Waals surface area contributed by atoms with Gasteiger partial charge in [0.2, 0.25) is 0 Å². The second kappa shape index (κ2) is 10.5. The van der Waals surface area contributed by atoms with Crippen LogP contribution in [0.3, 0.4) is 0 Å². The number of nitrogens with zero attached hydrogens (tertiary/aromatic N) is 2. The average Bonchev–Trinajstić information content (AvgIpc) is 3.28. The van der Waals surface area contributed by atoms with E-state index in [0.29, 0.717) is 28.3 Å². The number of carbonyl (C=O) groups is 1. The summed E-state index contributed by atoms with van der Waals surface area (Å²) in [6, 6.07) is 7.12. The van der Waals surface area contributed by atoms with Crippen LogP contribution in [0.25, 0.3) is 28.0 Å². The van der Waals surface area contributed by atoms with Crippen molar-refractivity contribution in [3.8, 4) is 11.4 Å². The van der Waals surface area contributed by atoms with E-state index in [1.165, 1.54) is 6.07 Å². The number of pyridine rings is 1. The summed E-state index contributed by atoms with van der Waals surface area (Å²) in [6.45, 7) is 6.15. The van der Waals surface area contributed by atoms with Crippen LogP contribution >= 0.6 is 0 Å². The molecule has 4 rings (SSSR count). The Bertz CT molecular complexity index is 1310. The molecule has 2 N–H and O–H groups in total. The number of carboxylic acids is 1. The van der Waals surface area contributed by atoms with E-state index in [2.05, 4.69) is 21.5 Å². The summed E-state index contributed by atoms with van der Waals surface area (Å²) < 4.78 is 39.0. The van der Waals surface area contributed by atoms with Gasteiger partial charge >= 0.3 is 12.1 Å². The molecular weight excluding hydrogens is 467 g/mol. The summed E-state index contributed by atoms with van der Waals surface area (Å²) in [6.07, 6.45) is 7.11. The van der Waals surface area contributed by atoms with E-state index in [4.69, 9.17) is 5.11 Å². The van der Waals surface area contributed by atoms with Gasteiger partial charge in [-0.1, -0.05) is 30.4 Å². The highest BCUT2D eigenvalue weighted by Crippen LogP contribution is 2.35. The smallest absolute Gasteiger partial charge is 0.416 e. The molecule has 0 spiro atoms. The monoisotopic (exact) mass is 495 g/mol. The molecule has 1 aromatic carbocycles. The minimum absolute atomic E-state index is 0.238. The molecule has 2 aromatic heterocycles. The Morgan fingerprint density at radius 1 is 1.17 bits per heavy atom. The van der Waals surface area contributed by atoms with Crippen molar-refractivity contribution in [2.45, 2.75) is 45.2 Å². The largest absolute Gasteiger partial charge is 0.481 e. The van der Waals surface area contributed by atoms with Crippen molar-refractivity contribution < 1.29 is 23.1 Å². The summed E-state index contributed by atoms with van der Waals surface area (Å²) in [5.74, 6) is 0.325. The molecule has 3 aromatic rings. The van der Waals surface area contributed by atoms with Crippen LogP contribution in [0.5, 0.6) is 0 Å². The Kier molecular flexibility index (Phi) is 7.43. The summed E-state index contributed by atoms with van der Waals surface area (Å²) in [7, 11) is 0. The van der Waals surface area contributed by atoms with Gasteiger partial charge < -0.3 is 10.1 Å². The molecule has 188 valence electrons. The predicted molar refractivity (Wildman–Crippen MR) is 134 cm³/mol. The number of fused-ring (bicyclic) bond motifs is 1. The Hall–Kier alpha value is -3.68. The van der Waals surface area contributed by atoms with Gasteiger partial charge in [0, 0.05) is 18.2 Å². The second-order valence-corrected chi connectivity index (χ2v) is 9.21. The van der Waals surface area contributed by atoms with Gasteiger partial charge in [-0.25, -0.2) is 4.98 Å². The van der Waals surface area contributed by atoms with E-state index in [0.717, 1.165) is 54.7 Å². The van der Waals surface area contributed by atoms with Gasteiger partial charge in [-0.05, 0) is 80.3 Å². The van der Waals surface area contributed by atoms with Crippen molar-refractivity contribution >= 4 is 22.6 Å². The number of hydrogen-bond donors (Lipinski definition) is 2. The summed E-state index contributed by atoms with van der Waals surface area (Å²) in [4.78, 5) is 22.8. The molecular formula is C28H28F3N3O2. The quantitative estimate of drug-likeness (QED) is 0.334. The second-order valence-electron chi connectivity index (χ2n) is 9.21. The fourth-order valence-corrected chi connectivity index (χ4v) is 4.67. The minimum atomic E-state index is -4.41.